The Kier molecular flexibility index (Phi) is 2.55. The highest BCUT2D eigenvalue weighted by atomic mass is 35.5. The summed E-state index contributed by atoms with van der Waals surface area (Å²) < 4.78 is 1.85. The first kappa shape index (κ1) is 9.28. The van der Waals surface area contributed by atoms with Crippen LogP contribution in [0, 0.1) is 6.92 Å². The van der Waals surface area contributed by atoms with Crippen molar-refractivity contribution in [3.63, 3.8) is 0 Å². The van der Waals surface area contributed by atoms with Crippen molar-refractivity contribution >= 4 is 11.6 Å². The minimum atomic E-state index is 0.506. The lowest BCUT2D eigenvalue weighted by Crippen LogP contribution is -1.96. The van der Waals surface area contributed by atoms with Gasteiger partial charge in [-0.15, -0.1) is 11.6 Å². The van der Waals surface area contributed by atoms with E-state index in [1.165, 1.54) is 5.56 Å². The second-order valence-electron chi connectivity index (χ2n) is 3.21. The molecule has 2 rings (SSSR count). The third-order valence-corrected chi connectivity index (χ3v) is 2.46. The molecule has 1 aromatic carbocycles. The van der Waals surface area contributed by atoms with Gasteiger partial charge in [-0.1, -0.05) is 18.2 Å². The second-order valence-corrected chi connectivity index (χ2v) is 3.48. The van der Waals surface area contributed by atoms with Crippen LogP contribution in [-0.4, -0.2) is 9.78 Å². The highest BCUT2D eigenvalue weighted by molar-refractivity contribution is 6.17. The zero-order valence-electron chi connectivity index (χ0n) is 7.94. The number of hydrogen-bond donors (Lipinski definition) is 0. The van der Waals surface area contributed by atoms with E-state index >= 15 is 0 Å². The molecule has 0 fully saturated rings. The molecule has 14 heavy (non-hydrogen) atoms. The van der Waals surface area contributed by atoms with Gasteiger partial charge in [-0.3, -0.25) is 0 Å². The first-order valence-corrected chi connectivity index (χ1v) is 5.00. The third kappa shape index (κ3) is 1.66. The molecule has 0 saturated heterocycles. The van der Waals surface area contributed by atoms with E-state index in [-0.39, 0.29) is 0 Å². The number of nitrogens with zero attached hydrogens (tertiary/aromatic N) is 2. The summed E-state index contributed by atoms with van der Waals surface area (Å²) in [7, 11) is 0. The Balaban J connectivity index is 2.44. The van der Waals surface area contributed by atoms with Gasteiger partial charge in [0, 0.05) is 11.8 Å². The fraction of sp³-hybridized carbons (Fsp3) is 0.182. The van der Waals surface area contributed by atoms with E-state index in [9.17, 15) is 0 Å². The fourth-order valence-electron chi connectivity index (χ4n) is 1.38. The second kappa shape index (κ2) is 3.84. The molecule has 0 spiro atoms. The van der Waals surface area contributed by atoms with Gasteiger partial charge in [0.1, 0.15) is 0 Å². The zero-order chi connectivity index (χ0) is 9.97. The average molecular weight is 207 g/mol. The van der Waals surface area contributed by atoms with Gasteiger partial charge in [0.2, 0.25) is 0 Å². The van der Waals surface area contributed by atoms with Gasteiger partial charge in [0.25, 0.3) is 0 Å². The van der Waals surface area contributed by atoms with E-state index in [0.29, 0.717) is 5.88 Å². The Hall–Kier alpha value is -1.28. The van der Waals surface area contributed by atoms with E-state index in [1.54, 1.807) is 6.20 Å². The van der Waals surface area contributed by atoms with Crippen LogP contribution in [0.4, 0.5) is 0 Å². The van der Waals surface area contributed by atoms with E-state index in [1.807, 2.05) is 29.1 Å². The molecule has 3 heteroatoms. The SMILES string of the molecule is Cc1ccccc1-n1cc(CCl)cn1. The number of aromatic nitrogens is 2. The summed E-state index contributed by atoms with van der Waals surface area (Å²) in [5.41, 5.74) is 3.34. The lowest BCUT2D eigenvalue weighted by Gasteiger charge is -2.03. The van der Waals surface area contributed by atoms with Crippen LogP contribution in [0.1, 0.15) is 11.1 Å². The van der Waals surface area contributed by atoms with Crippen LogP contribution in [0.5, 0.6) is 0 Å². The van der Waals surface area contributed by atoms with Gasteiger partial charge in [0.05, 0.1) is 17.8 Å². The Labute approximate surface area is 88.1 Å². The summed E-state index contributed by atoms with van der Waals surface area (Å²) >= 11 is 5.71. The highest BCUT2D eigenvalue weighted by Gasteiger charge is 2.01. The summed E-state index contributed by atoms with van der Waals surface area (Å²) in [6.45, 7) is 2.07. The molecule has 0 radical (unpaired) electrons. The van der Waals surface area contributed by atoms with Crippen molar-refractivity contribution in [3.8, 4) is 5.69 Å². The quantitative estimate of drug-likeness (QED) is 0.691. The summed E-state index contributed by atoms with van der Waals surface area (Å²) in [6.07, 6.45) is 3.74. The number of benzene rings is 1. The molecule has 0 aliphatic carbocycles. The Morgan fingerprint density at radius 3 is 2.79 bits per heavy atom. The number of rotatable bonds is 2. The minimum absolute atomic E-state index is 0.506. The zero-order valence-corrected chi connectivity index (χ0v) is 8.70. The molecule has 0 aliphatic rings. The molecule has 0 bridgehead atoms. The summed E-state index contributed by atoms with van der Waals surface area (Å²) in [4.78, 5) is 0. The molecule has 0 saturated carbocycles. The summed E-state index contributed by atoms with van der Waals surface area (Å²) in [5, 5.41) is 4.25. The standard InChI is InChI=1S/C11H11ClN2/c1-9-4-2-3-5-11(9)14-8-10(6-12)7-13-14/h2-5,7-8H,6H2,1H3. The highest BCUT2D eigenvalue weighted by Crippen LogP contribution is 2.13. The monoisotopic (exact) mass is 206 g/mol. The first-order valence-electron chi connectivity index (χ1n) is 4.47. The normalized spacial score (nSPS) is 10.4. The molecule has 1 heterocycles. The molecular weight excluding hydrogens is 196 g/mol. The van der Waals surface area contributed by atoms with Gasteiger partial charge >= 0.3 is 0 Å². The summed E-state index contributed by atoms with van der Waals surface area (Å²) in [5.74, 6) is 0.506. The van der Waals surface area contributed by atoms with Crippen LogP contribution in [0.15, 0.2) is 36.7 Å². The van der Waals surface area contributed by atoms with Crippen molar-refractivity contribution in [2.24, 2.45) is 0 Å². The molecule has 72 valence electrons. The van der Waals surface area contributed by atoms with Gasteiger partial charge in [0.15, 0.2) is 0 Å². The van der Waals surface area contributed by atoms with Crippen molar-refractivity contribution < 1.29 is 0 Å². The summed E-state index contributed by atoms with van der Waals surface area (Å²) in [6, 6.07) is 8.13. The predicted molar refractivity (Wildman–Crippen MR) is 57.9 cm³/mol. The van der Waals surface area contributed by atoms with Crippen molar-refractivity contribution in [2.45, 2.75) is 12.8 Å². The van der Waals surface area contributed by atoms with Crippen LogP contribution in [-0.2, 0) is 5.88 Å². The third-order valence-electron chi connectivity index (χ3n) is 2.15. The van der Waals surface area contributed by atoms with Gasteiger partial charge in [-0.2, -0.15) is 5.10 Å². The van der Waals surface area contributed by atoms with Crippen molar-refractivity contribution in [3.05, 3.63) is 47.8 Å². The Morgan fingerprint density at radius 1 is 1.36 bits per heavy atom. The minimum Gasteiger partial charge on any atom is -0.240 e. The van der Waals surface area contributed by atoms with Gasteiger partial charge in [-0.05, 0) is 18.6 Å². The van der Waals surface area contributed by atoms with E-state index in [0.717, 1.165) is 11.3 Å². The molecule has 2 nitrogen and oxygen atoms in total. The molecular formula is C11H11ClN2. The van der Waals surface area contributed by atoms with Crippen LogP contribution in [0.3, 0.4) is 0 Å². The topological polar surface area (TPSA) is 17.8 Å². The Morgan fingerprint density at radius 2 is 2.14 bits per heavy atom. The lowest BCUT2D eigenvalue weighted by atomic mass is 10.2. The van der Waals surface area contributed by atoms with Crippen LogP contribution in [0.2, 0.25) is 0 Å². The smallest absolute Gasteiger partial charge is 0.0674 e. The molecule has 0 aliphatic heterocycles. The van der Waals surface area contributed by atoms with E-state index in [4.69, 9.17) is 11.6 Å². The number of para-hydroxylation sites is 1. The predicted octanol–water partition coefficient (Wildman–Crippen LogP) is 2.92. The number of aryl methyl sites for hydroxylation is 1. The van der Waals surface area contributed by atoms with Crippen molar-refractivity contribution in [1.29, 1.82) is 0 Å². The maximum absolute atomic E-state index is 5.71. The molecule has 0 atom stereocenters. The van der Waals surface area contributed by atoms with Gasteiger partial charge < -0.3 is 0 Å². The molecule has 1 aromatic heterocycles. The van der Waals surface area contributed by atoms with Crippen LogP contribution in [0.25, 0.3) is 5.69 Å². The average Bonchev–Trinajstić information content (AvgIpc) is 2.67. The van der Waals surface area contributed by atoms with Gasteiger partial charge in [-0.25, -0.2) is 4.68 Å². The van der Waals surface area contributed by atoms with Crippen LogP contribution >= 0.6 is 11.6 Å². The maximum Gasteiger partial charge on any atom is 0.0674 e. The first-order chi connectivity index (χ1) is 6.81. The number of alkyl halides is 1. The lowest BCUT2D eigenvalue weighted by molar-refractivity contribution is 0.872. The van der Waals surface area contributed by atoms with Crippen molar-refractivity contribution in [1.82, 2.24) is 9.78 Å². The number of hydrogen-bond acceptors (Lipinski definition) is 1. The maximum atomic E-state index is 5.71. The van der Waals surface area contributed by atoms with Crippen LogP contribution < -0.4 is 0 Å². The Bertz CT molecular complexity index is 434. The molecule has 2 aromatic rings. The van der Waals surface area contributed by atoms with Crippen molar-refractivity contribution in [2.75, 3.05) is 0 Å². The molecule has 0 amide bonds. The molecule has 0 N–H and O–H groups in total. The fourth-order valence-corrected chi connectivity index (χ4v) is 1.52. The number of halogens is 1. The largest absolute Gasteiger partial charge is 0.240 e. The van der Waals surface area contributed by atoms with E-state index in [2.05, 4.69) is 18.1 Å². The van der Waals surface area contributed by atoms with E-state index < -0.39 is 0 Å². The molecule has 0 unspecified atom stereocenters.